The van der Waals surface area contributed by atoms with Crippen LogP contribution in [-0.2, 0) is 6.61 Å². The highest BCUT2D eigenvalue weighted by molar-refractivity contribution is 6.02. The first-order valence-electron chi connectivity index (χ1n) is 12.9. The molecule has 2 aliphatic rings. The maximum atomic E-state index is 6.54. The Kier molecular flexibility index (Phi) is 6.71. The summed E-state index contributed by atoms with van der Waals surface area (Å²) in [6, 6.07) is 30.1. The van der Waals surface area contributed by atoms with Gasteiger partial charge in [0, 0.05) is 23.1 Å². The Morgan fingerprint density at radius 2 is 1.49 bits per heavy atom. The van der Waals surface area contributed by atoms with E-state index in [9.17, 15) is 0 Å². The number of nitrogens with zero attached hydrogens (tertiary/aromatic N) is 2. The molecule has 4 aromatic rings. The third-order valence-corrected chi connectivity index (χ3v) is 7.13. The van der Waals surface area contributed by atoms with Crippen LogP contribution in [0, 0.1) is 0 Å². The lowest BCUT2D eigenvalue weighted by Gasteiger charge is -2.38. The van der Waals surface area contributed by atoms with Crippen molar-refractivity contribution in [1.29, 1.82) is 0 Å². The molecule has 2 aliphatic heterocycles. The molecule has 0 amide bonds. The number of ether oxygens (including phenoxy) is 5. The zero-order chi connectivity index (χ0) is 26.8. The van der Waals surface area contributed by atoms with Gasteiger partial charge in [-0.25, -0.2) is 5.01 Å². The first-order chi connectivity index (χ1) is 19.2. The van der Waals surface area contributed by atoms with Gasteiger partial charge < -0.3 is 23.7 Å². The Bertz CT molecular complexity index is 1500. The van der Waals surface area contributed by atoms with Crippen molar-refractivity contribution >= 4 is 5.71 Å². The van der Waals surface area contributed by atoms with E-state index in [-0.39, 0.29) is 6.04 Å². The van der Waals surface area contributed by atoms with Crippen molar-refractivity contribution in [2.24, 2.45) is 5.10 Å². The third kappa shape index (κ3) is 4.72. The number of methoxy groups -OCH3 is 3. The summed E-state index contributed by atoms with van der Waals surface area (Å²) >= 11 is 0. The first kappa shape index (κ1) is 24.7. The summed E-state index contributed by atoms with van der Waals surface area (Å²) in [5.41, 5.74) is 5.08. The molecule has 0 N–H and O–H groups in total. The molecule has 39 heavy (non-hydrogen) atoms. The molecule has 0 bridgehead atoms. The molecule has 0 aliphatic carbocycles. The predicted octanol–water partition coefficient (Wildman–Crippen LogP) is 6.53. The van der Waals surface area contributed by atoms with E-state index in [1.165, 1.54) is 0 Å². The standard InChI is InChI=1S/C32H30N2O5/c1-35-28-15-13-22(17-30(28)36-2)25-19-26-24-11-7-8-12-27(24)39-32(34(26)33-25)23-14-16-29(31(18-23)37-3)38-20-21-9-5-4-6-10-21/h4-18,26,32H,19-20H2,1-3H3/t26-,32-/m1/s1. The lowest BCUT2D eigenvalue weighted by molar-refractivity contribution is -0.0191. The van der Waals surface area contributed by atoms with Crippen LogP contribution >= 0.6 is 0 Å². The van der Waals surface area contributed by atoms with Crippen molar-refractivity contribution in [1.82, 2.24) is 5.01 Å². The van der Waals surface area contributed by atoms with E-state index in [2.05, 4.69) is 6.07 Å². The molecule has 2 atom stereocenters. The van der Waals surface area contributed by atoms with E-state index < -0.39 is 6.23 Å². The summed E-state index contributed by atoms with van der Waals surface area (Å²) in [6.45, 7) is 0.455. The number of hydrogen-bond acceptors (Lipinski definition) is 7. The number of benzene rings is 4. The maximum absolute atomic E-state index is 6.54. The molecule has 0 aromatic heterocycles. The van der Waals surface area contributed by atoms with Crippen LogP contribution in [0.3, 0.4) is 0 Å². The predicted molar refractivity (Wildman–Crippen MR) is 149 cm³/mol. The minimum absolute atomic E-state index is 0.0306. The van der Waals surface area contributed by atoms with Gasteiger partial charge in [0.1, 0.15) is 12.4 Å². The SMILES string of the molecule is COc1ccc(C2=NN3[C@H](C2)c2ccccc2O[C@@H]3c2ccc(OCc3ccccc3)c(OC)c2)cc1OC. The van der Waals surface area contributed by atoms with Gasteiger partial charge in [-0.15, -0.1) is 0 Å². The van der Waals surface area contributed by atoms with Gasteiger partial charge in [-0.2, -0.15) is 5.10 Å². The van der Waals surface area contributed by atoms with Crippen molar-refractivity contribution in [3.63, 3.8) is 0 Å². The van der Waals surface area contributed by atoms with Crippen LogP contribution < -0.4 is 23.7 Å². The topological polar surface area (TPSA) is 61.8 Å². The monoisotopic (exact) mass is 522 g/mol. The lowest BCUT2D eigenvalue weighted by atomic mass is 9.95. The summed E-state index contributed by atoms with van der Waals surface area (Å²) in [4.78, 5) is 0. The van der Waals surface area contributed by atoms with Crippen molar-refractivity contribution in [2.45, 2.75) is 25.3 Å². The molecule has 198 valence electrons. The second-order valence-corrected chi connectivity index (χ2v) is 9.41. The van der Waals surface area contributed by atoms with Gasteiger partial charge in [-0.3, -0.25) is 0 Å². The molecule has 7 nitrogen and oxygen atoms in total. The van der Waals surface area contributed by atoms with Crippen molar-refractivity contribution < 1.29 is 23.7 Å². The van der Waals surface area contributed by atoms with Crippen molar-refractivity contribution in [3.05, 3.63) is 113 Å². The Labute approximate surface area is 228 Å². The molecular weight excluding hydrogens is 492 g/mol. The first-order valence-corrected chi connectivity index (χ1v) is 12.9. The van der Waals surface area contributed by atoms with Gasteiger partial charge in [-0.1, -0.05) is 48.5 Å². The number of hydrazone groups is 1. The minimum atomic E-state index is -0.431. The van der Waals surface area contributed by atoms with Crippen LogP contribution in [0.2, 0.25) is 0 Å². The molecule has 0 fully saturated rings. The Hall–Kier alpha value is -4.65. The minimum Gasteiger partial charge on any atom is -0.493 e. The molecule has 6 rings (SSSR count). The van der Waals surface area contributed by atoms with E-state index in [1.807, 2.05) is 89.9 Å². The smallest absolute Gasteiger partial charge is 0.214 e. The summed E-state index contributed by atoms with van der Waals surface area (Å²) in [5, 5.41) is 7.13. The molecule has 4 aromatic carbocycles. The van der Waals surface area contributed by atoms with E-state index >= 15 is 0 Å². The summed E-state index contributed by atoms with van der Waals surface area (Å²) < 4.78 is 29.3. The fraction of sp³-hybridized carbons (Fsp3) is 0.219. The van der Waals surface area contributed by atoms with Crippen LogP contribution in [0.4, 0.5) is 0 Å². The highest BCUT2D eigenvalue weighted by Gasteiger charge is 2.41. The number of para-hydroxylation sites is 1. The average Bonchev–Trinajstić information content (AvgIpc) is 3.45. The van der Waals surface area contributed by atoms with E-state index in [4.69, 9.17) is 28.8 Å². The number of rotatable bonds is 8. The Morgan fingerprint density at radius 1 is 0.769 bits per heavy atom. The van der Waals surface area contributed by atoms with Gasteiger partial charge in [0.05, 0.1) is 33.1 Å². The van der Waals surface area contributed by atoms with E-state index in [1.54, 1.807) is 21.3 Å². The van der Waals surface area contributed by atoms with Gasteiger partial charge in [0.2, 0.25) is 6.23 Å². The second-order valence-electron chi connectivity index (χ2n) is 9.41. The summed E-state index contributed by atoms with van der Waals surface area (Å²) in [6.07, 6.45) is 0.307. The highest BCUT2D eigenvalue weighted by atomic mass is 16.5. The molecular formula is C32H30N2O5. The molecule has 0 unspecified atom stereocenters. The molecule has 0 radical (unpaired) electrons. The highest BCUT2D eigenvalue weighted by Crippen LogP contribution is 2.48. The molecule has 0 saturated carbocycles. The van der Waals surface area contributed by atoms with Crippen LogP contribution in [-0.4, -0.2) is 32.0 Å². The van der Waals surface area contributed by atoms with Gasteiger partial charge in [0.25, 0.3) is 0 Å². The van der Waals surface area contributed by atoms with Crippen molar-refractivity contribution in [3.8, 4) is 28.7 Å². The fourth-order valence-corrected chi connectivity index (χ4v) is 5.14. The number of hydrogen-bond donors (Lipinski definition) is 0. The second kappa shape index (κ2) is 10.6. The van der Waals surface area contributed by atoms with Gasteiger partial charge >= 0.3 is 0 Å². The van der Waals surface area contributed by atoms with Crippen LogP contribution in [0.1, 0.15) is 40.9 Å². The molecule has 7 heteroatoms. The van der Waals surface area contributed by atoms with E-state index in [0.29, 0.717) is 29.6 Å². The molecule has 0 saturated heterocycles. The Morgan fingerprint density at radius 3 is 2.28 bits per heavy atom. The molecule has 0 spiro atoms. The maximum Gasteiger partial charge on any atom is 0.214 e. The van der Waals surface area contributed by atoms with Gasteiger partial charge in [0.15, 0.2) is 23.0 Å². The van der Waals surface area contributed by atoms with E-state index in [0.717, 1.165) is 40.1 Å². The quantitative estimate of drug-likeness (QED) is 0.262. The lowest BCUT2D eigenvalue weighted by Crippen LogP contribution is -2.33. The van der Waals surface area contributed by atoms with Gasteiger partial charge in [-0.05, 0) is 48.0 Å². The number of fused-ring (bicyclic) bond motifs is 3. The Balaban J connectivity index is 1.33. The normalized spacial score (nSPS) is 17.4. The fourth-order valence-electron chi connectivity index (χ4n) is 5.14. The zero-order valence-electron chi connectivity index (χ0n) is 22.2. The largest absolute Gasteiger partial charge is 0.493 e. The van der Waals surface area contributed by atoms with Crippen LogP contribution in [0.15, 0.2) is 96.1 Å². The molecule has 2 heterocycles. The van der Waals surface area contributed by atoms with Crippen LogP contribution in [0.5, 0.6) is 28.7 Å². The van der Waals surface area contributed by atoms with Crippen LogP contribution in [0.25, 0.3) is 0 Å². The third-order valence-electron chi connectivity index (χ3n) is 7.13. The zero-order valence-corrected chi connectivity index (χ0v) is 22.2. The summed E-state index contributed by atoms with van der Waals surface area (Å²) in [5.74, 6) is 3.54. The average molecular weight is 523 g/mol. The summed E-state index contributed by atoms with van der Waals surface area (Å²) in [7, 11) is 4.93. The van der Waals surface area contributed by atoms with Crippen molar-refractivity contribution in [2.75, 3.05) is 21.3 Å².